The molecule has 0 N–H and O–H groups in total. The van der Waals surface area contributed by atoms with Gasteiger partial charge in [-0.1, -0.05) is 68.3 Å². The summed E-state index contributed by atoms with van der Waals surface area (Å²) in [7, 11) is 1.75. The van der Waals surface area contributed by atoms with Crippen molar-refractivity contribution in [1.82, 2.24) is 9.78 Å². The van der Waals surface area contributed by atoms with Crippen molar-refractivity contribution in [3.05, 3.63) is 82.8 Å². The van der Waals surface area contributed by atoms with Crippen molar-refractivity contribution in [2.45, 2.75) is 32.7 Å². The SMILES string of the molecule is CCCCCn1nc(C(=O)N(C)c2ccc3ccccc3c2)c2ccccc2c1=O. The minimum absolute atomic E-state index is 0.147. The third kappa shape index (κ3) is 3.71. The number of rotatable bonds is 6. The summed E-state index contributed by atoms with van der Waals surface area (Å²) in [6.07, 6.45) is 2.93. The molecule has 5 nitrogen and oxygen atoms in total. The zero-order chi connectivity index (χ0) is 21.1. The summed E-state index contributed by atoms with van der Waals surface area (Å²) in [5.41, 5.74) is 0.942. The molecule has 4 aromatic rings. The fraction of sp³-hybridized carbons (Fsp3) is 0.240. The Labute approximate surface area is 175 Å². The molecule has 3 aromatic carbocycles. The maximum Gasteiger partial charge on any atom is 0.279 e. The first-order valence-corrected chi connectivity index (χ1v) is 10.4. The fourth-order valence-corrected chi connectivity index (χ4v) is 3.72. The molecule has 0 saturated heterocycles. The van der Waals surface area contributed by atoms with Gasteiger partial charge in [0.1, 0.15) is 0 Å². The van der Waals surface area contributed by atoms with Gasteiger partial charge in [0.05, 0.1) is 5.39 Å². The number of anilines is 1. The predicted octanol–water partition coefficient (Wildman–Crippen LogP) is 5.02. The smallest absolute Gasteiger partial charge is 0.279 e. The molecule has 0 bridgehead atoms. The highest BCUT2D eigenvalue weighted by Crippen LogP contribution is 2.23. The van der Waals surface area contributed by atoms with Gasteiger partial charge < -0.3 is 4.90 Å². The van der Waals surface area contributed by atoms with Gasteiger partial charge in [-0.15, -0.1) is 0 Å². The number of carbonyl (C=O) groups is 1. The molecule has 0 unspecified atom stereocenters. The number of hydrogen-bond acceptors (Lipinski definition) is 3. The van der Waals surface area contributed by atoms with Gasteiger partial charge in [-0.2, -0.15) is 5.10 Å². The van der Waals surface area contributed by atoms with E-state index in [0.717, 1.165) is 35.7 Å². The van der Waals surface area contributed by atoms with Gasteiger partial charge in [-0.05, 0) is 35.4 Å². The van der Waals surface area contributed by atoms with E-state index in [-0.39, 0.29) is 11.5 Å². The number of amides is 1. The lowest BCUT2D eigenvalue weighted by Crippen LogP contribution is -2.32. The molecule has 0 fully saturated rings. The second kappa shape index (κ2) is 8.49. The van der Waals surface area contributed by atoms with Crippen LogP contribution in [0.4, 0.5) is 5.69 Å². The van der Waals surface area contributed by atoms with Crippen molar-refractivity contribution in [2.75, 3.05) is 11.9 Å². The van der Waals surface area contributed by atoms with Crippen LogP contribution in [-0.2, 0) is 6.54 Å². The number of aromatic nitrogens is 2. The summed E-state index contributed by atoms with van der Waals surface area (Å²) < 4.78 is 1.44. The molecule has 0 aliphatic carbocycles. The van der Waals surface area contributed by atoms with Crippen LogP contribution >= 0.6 is 0 Å². The van der Waals surface area contributed by atoms with Crippen LogP contribution in [0, 0.1) is 0 Å². The summed E-state index contributed by atoms with van der Waals surface area (Å²) in [5.74, 6) is -0.231. The Kier molecular flexibility index (Phi) is 5.61. The molecule has 0 saturated carbocycles. The molecule has 4 rings (SSSR count). The summed E-state index contributed by atoms with van der Waals surface area (Å²) in [6.45, 7) is 2.63. The molecular weight excluding hydrogens is 374 g/mol. The summed E-state index contributed by atoms with van der Waals surface area (Å²) in [4.78, 5) is 27.9. The third-order valence-electron chi connectivity index (χ3n) is 5.47. The highest BCUT2D eigenvalue weighted by atomic mass is 16.2. The van der Waals surface area contributed by atoms with Gasteiger partial charge in [0.15, 0.2) is 5.69 Å². The monoisotopic (exact) mass is 399 g/mol. The van der Waals surface area contributed by atoms with Gasteiger partial charge in [0.2, 0.25) is 0 Å². The average Bonchev–Trinajstić information content (AvgIpc) is 2.79. The van der Waals surface area contributed by atoms with E-state index in [0.29, 0.717) is 23.0 Å². The number of hydrogen-bond donors (Lipinski definition) is 0. The maximum absolute atomic E-state index is 13.4. The van der Waals surface area contributed by atoms with Gasteiger partial charge >= 0.3 is 0 Å². The lowest BCUT2D eigenvalue weighted by atomic mass is 10.1. The van der Waals surface area contributed by atoms with E-state index in [2.05, 4.69) is 12.0 Å². The third-order valence-corrected chi connectivity index (χ3v) is 5.47. The van der Waals surface area contributed by atoms with E-state index in [1.54, 1.807) is 24.1 Å². The summed E-state index contributed by atoms with van der Waals surface area (Å²) in [5, 5.41) is 7.80. The highest BCUT2D eigenvalue weighted by molar-refractivity contribution is 6.12. The predicted molar refractivity (Wildman–Crippen MR) is 122 cm³/mol. The molecule has 152 valence electrons. The van der Waals surface area contributed by atoms with Crippen LogP contribution in [0.25, 0.3) is 21.5 Å². The Bertz CT molecular complexity index is 1280. The second-order valence-electron chi connectivity index (χ2n) is 7.53. The molecule has 30 heavy (non-hydrogen) atoms. The van der Waals surface area contributed by atoms with Crippen molar-refractivity contribution < 1.29 is 4.79 Å². The zero-order valence-corrected chi connectivity index (χ0v) is 17.3. The maximum atomic E-state index is 13.4. The fourth-order valence-electron chi connectivity index (χ4n) is 3.72. The number of benzene rings is 3. The topological polar surface area (TPSA) is 55.2 Å². The van der Waals surface area contributed by atoms with Gasteiger partial charge in [0, 0.05) is 24.7 Å². The first-order chi connectivity index (χ1) is 14.6. The number of carbonyl (C=O) groups excluding carboxylic acids is 1. The van der Waals surface area contributed by atoms with Crippen molar-refractivity contribution in [3.63, 3.8) is 0 Å². The Morgan fingerprint density at radius 1 is 0.933 bits per heavy atom. The highest BCUT2D eigenvalue weighted by Gasteiger charge is 2.21. The molecule has 0 aliphatic heterocycles. The molecule has 0 spiro atoms. The van der Waals surface area contributed by atoms with E-state index < -0.39 is 0 Å². The van der Waals surface area contributed by atoms with Crippen molar-refractivity contribution in [1.29, 1.82) is 0 Å². The number of fused-ring (bicyclic) bond motifs is 2. The first-order valence-electron chi connectivity index (χ1n) is 10.4. The van der Waals surface area contributed by atoms with Crippen molar-refractivity contribution in [2.24, 2.45) is 0 Å². The second-order valence-corrected chi connectivity index (χ2v) is 7.53. The van der Waals surface area contributed by atoms with E-state index in [4.69, 9.17) is 0 Å². The molecule has 0 aliphatic rings. The zero-order valence-electron chi connectivity index (χ0n) is 17.3. The lowest BCUT2D eigenvalue weighted by molar-refractivity contribution is 0.0987. The van der Waals surface area contributed by atoms with Gasteiger partial charge in [-0.3, -0.25) is 9.59 Å². The van der Waals surface area contributed by atoms with E-state index >= 15 is 0 Å². The minimum atomic E-state index is -0.231. The summed E-state index contributed by atoms with van der Waals surface area (Å²) >= 11 is 0. The first kappa shape index (κ1) is 19.8. The van der Waals surface area contributed by atoms with E-state index in [1.165, 1.54) is 4.68 Å². The molecule has 1 aromatic heterocycles. The molecule has 5 heteroatoms. The van der Waals surface area contributed by atoms with E-state index in [1.807, 2.05) is 54.6 Å². The van der Waals surface area contributed by atoms with E-state index in [9.17, 15) is 9.59 Å². The van der Waals surface area contributed by atoms with Crippen LogP contribution in [0.2, 0.25) is 0 Å². The summed E-state index contributed by atoms with van der Waals surface area (Å²) in [6, 6.07) is 21.2. The van der Waals surface area contributed by atoms with Crippen LogP contribution in [0.3, 0.4) is 0 Å². The normalized spacial score (nSPS) is 11.1. The Morgan fingerprint density at radius 3 is 2.40 bits per heavy atom. The quantitative estimate of drug-likeness (QED) is 0.428. The molecule has 1 heterocycles. The number of unbranched alkanes of at least 4 members (excludes halogenated alkanes) is 2. The van der Waals surface area contributed by atoms with Crippen LogP contribution < -0.4 is 10.5 Å². The van der Waals surface area contributed by atoms with Gasteiger partial charge in [-0.25, -0.2) is 4.68 Å². The Balaban J connectivity index is 1.77. The molecule has 0 radical (unpaired) electrons. The average molecular weight is 399 g/mol. The Hall–Kier alpha value is -3.47. The van der Waals surface area contributed by atoms with Gasteiger partial charge in [0.25, 0.3) is 11.5 Å². The van der Waals surface area contributed by atoms with Crippen molar-refractivity contribution in [3.8, 4) is 0 Å². The van der Waals surface area contributed by atoms with Crippen LogP contribution in [0.15, 0.2) is 71.5 Å². The number of aryl methyl sites for hydroxylation is 1. The van der Waals surface area contributed by atoms with Crippen LogP contribution in [0.1, 0.15) is 36.7 Å². The van der Waals surface area contributed by atoms with Crippen LogP contribution in [-0.4, -0.2) is 22.7 Å². The minimum Gasteiger partial charge on any atom is -0.310 e. The standard InChI is InChI=1S/C25H25N3O2/c1-3-4-9-16-28-24(29)22-13-8-7-12-21(22)23(26-28)25(30)27(2)20-15-14-18-10-5-6-11-19(18)17-20/h5-8,10-15,17H,3-4,9,16H2,1-2H3. The lowest BCUT2D eigenvalue weighted by Gasteiger charge is -2.19. The molecular formula is C25H25N3O2. The Morgan fingerprint density at radius 2 is 1.63 bits per heavy atom. The molecule has 1 amide bonds. The van der Waals surface area contributed by atoms with Crippen molar-refractivity contribution >= 4 is 33.1 Å². The van der Waals surface area contributed by atoms with Crippen LogP contribution in [0.5, 0.6) is 0 Å². The largest absolute Gasteiger partial charge is 0.310 e. The number of nitrogens with zero attached hydrogens (tertiary/aromatic N) is 3. The molecule has 0 atom stereocenters.